The number of benzene rings is 3. The average Bonchev–Trinajstić information content (AvgIpc) is 2.98. The van der Waals surface area contributed by atoms with Gasteiger partial charge in [0.15, 0.2) is 0 Å². The molecule has 0 aliphatic rings. The van der Waals surface area contributed by atoms with Gasteiger partial charge in [-0.1, -0.05) is 60.7 Å². The van der Waals surface area contributed by atoms with E-state index in [0.717, 1.165) is 32.7 Å². The van der Waals surface area contributed by atoms with Gasteiger partial charge in [0.05, 0.1) is 0 Å². The highest BCUT2D eigenvalue weighted by atomic mass is 16.6. The van der Waals surface area contributed by atoms with E-state index in [-0.39, 0.29) is 38.2 Å². The van der Waals surface area contributed by atoms with Crippen LogP contribution in [0.5, 0.6) is 5.75 Å². The molecule has 246 valence electrons. The number of aryl methyl sites for hydroxylation is 2. The molecule has 3 aromatic carbocycles. The molecule has 0 saturated heterocycles. The SMILES string of the molecule is Cc1cc(O)cc(C)c1C[C@H](NC(=O)OC(C)(C)C)C(=O)NCCNC(=O)[C@H](Cc1ccccc1)N(Cc1ccccc1)C(=O)O. The minimum Gasteiger partial charge on any atom is -0.508 e. The van der Waals surface area contributed by atoms with Gasteiger partial charge in [0.1, 0.15) is 23.4 Å². The summed E-state index contributed by atoms with van der Waals surface area (Å²) in [6.07, 6.45) is -1.69. The number of rotatable bonds is 13. The molecule has 11 heteroatoms. The Morgan fingerprint density at radius 3 is 1.85 bits per heavy atom. The van der Waals surface area contributed by atoms with E-state index < -0.39 is 41.7 Å². The Bertz CT molecular complexity index is 1470. The highest BCUT2D eigenvalue weighted by Gasteiger charge is 2.30. The number of ether oxygens (including phenoxy) is 1. The summed E-state index contributed by atoms with van der Waals surface area (Å²) >= 11 is 0. The number of carbonyl (C=O) groups excluding carboxylic acids is 3. The van der Waals surface area contributed by atoms with Crippen molar-refractivity contribution in [2.75, 3.05) is 13.1 Å². The maximum atomic E-state index is 13.5. The summed E-state index contributed by atoms with van der Waals surface area (Å²) in [7, 11) is 0. The molecule has 5 N–H and O–H groups in total. The van der Waals surface area contributed by atoms with Crippen LogP contribution in [0.2, 0.25) is 0 Å². The van der Waals surface area contributed by atoms with Gasteiger partial charge in [-0.05, 0) is 74.6 Å². The third-order valence-electron chi connectivity index (χ3n) is 7.21. The topological polar surface area (TPSA) is 157 Å². The summed E-state index contributed by atoms with van der Waals surface area (Å²) in [6, 6.07) is 19.3. The Morgan fingerprint density at radius 2 is 1.33 bits per heavy atom. The van der Waals surface area contributed by atoms with Gasteiger partial charge in [0, 0.05) is 32.5 Å². The van der Waals surface area contributed by atoms with Gasteiger partial charge in [-0.25, -0.2) is 9.59 Å². The number of carboxylic acid groups (broad SMARTS) is 1. The first-order valence-electron chi connectivity index (χ1n) is 15.1. The lowest BCUT2D eigenvalue weighted by Gasteiger charge is -2.29. The minimum absolute atomic E-state index is 0.0189. The average molecular weight is 633 g/mol. The quantitative estimate of drug-likeness (QED) is 0.174. The molecule has 3 aromatic rings. The molecule has 0 radical (unpaired) electrons. The highest BCUT2D eigenvalue weighted by Crippen LogP contribution is 2.22. The lowest BCUT2D eigenvalue weighted by atomic mass is 9.95. The molecular weight excluding hydrogens is 588 g/mol. The molecule has 46 heavy (non-hydrogen) atoms. The van der Waals surface area contributed by atoms with E-state index in [0.29, 0.717) is 0 Å². The normalized spacial score (nSPS) is 12.4. The Labute approximate surface area is 270 Å². The van der Waals surface area contributed by atoms with Crippen molar-refractivity contribution >= 4 is 24.0 Å². The van der Waals surface area contributed by atoms with Crippen molar-refractivity contribution in [1.82, 2.24) is 20.9 Å². The van der Waals surface area contributed by atoms with E-state index in [1.54, 1.807) is 57.2 Å². The van der Waals surface area contributed by atoms with Crippen LogP contribution in [0.1, 0.15) is 48.6 Å². The summed E-state index contributed by atoms with van der Waals surface area (Å²) < 4.78 is 5.37. The molecule has 0 aliphatic carbocycles. The lowest BCUT2D eigenvalue weighted by molar-refractivity contribution is -0.126. The summed E-state index contributed by atoms with van der Waals surface area (Å²) in [4.78, 5) is 52.9. The van der Waals surface area contributed by atoms with Crippen LogP contribution in [0, 0.1) is 13.8 Å². The second-order valence-electron chi connectivity index (χ2n) is 12.1. The summed E-state index contributed by atoms with van der Waals surface area (Å²) in [5.41, 5.74) is 3.07. The van der Waals surface area contributed by atoms with Gasteiger partial charge < -0.3 is 30.9 Å². The zero-order chi connectivity index (χ0) is 33.9. The maximum absolute atomic E-state index is 13.5. The van der Waals surface area contributed by atoms with E-state index >= 15 is 0 Å². The number of aromatic hydroxyl groups is 1. The van der Waals surface area contributed by atoms with Gasteiger partial charge in [0.2, 0.25) is 11.8 Å². The van der Waals surface area contributed by atoms with E-state index in [4.69, 9.17) is 4.74 Å². The number of phenols is 1. The number of hydrogen-bond donors (Lipinski definition) is 5. The molecule has 0 heterocycles. The van der Waals surface area contributed by atoms with Gasteiger partial charge in [-0.3, -0.25) is 14.5 Å². The van der Waals surface area contributed by atoms with Gasteiger partial charge in [-0.2, -0.15) is 0 Å². The maximum Gasteiger partial charge on any atom is 0.408 e. The molecule has 0 saturated carbocycles. The number of alkyl carbamates (subject to hydrolysis) is 1. The van der Waals surface area contributed by atoms with Crippen LogP contribution in [0.15, 0.2) is 72.8 Å². The number of nitrogens with zero attached hydrogens (tertiary/aromatic N) is 1. The van der Waals surface area contributed by atoms with Crippen LogP contribution in [0.4, 0.5) is 9.59 Å². The summed E-state index contributed by atoms with van der Waals surface area (Å²) in [6.45, 7) is 8.83. The highest BCUT2D eigenvalue weighted by molar-refractivity contribution is 5.87. The zero-order valence-corrected chi connectivity index (χ0v) is 27.0. The fraction of sp³-hybridized carbons (Fsp3) is 0.371. The Kier molecular flexibility index (Phi) is 12.6. The van der Waals surface area contributed by atoms with E-state index in [1.165, 1.54) is 0 Å². The number of phenolic OH excluding ortho intramolecular Hbond substituents is 1. The van der Waals surface area contributed by atoms with E-state index in [1.807, 2.05) is 50.2 Å². The van der Waals surface area contributed by atoms with Crippen LogP contribution in [-0.4, -0.2) is 69.9 Å². The fourth-order valence-electron chi connectivity index (χ4n) is 5.04. The molecule has 11 nitrogen and oxygen atoms in total. The van der Waals surface area contributed by atoms with Crippen LogP contribution in [0.25, 0.3) is 0 Å². The molecule has 3 rings (SSSR count). The third kappa shape index (κ3) is 11.1. The number of amides is 4. The van der Waals surface area contributed by atoms with Crippen molar-refractivity contribution in [2.45, 2.75) is 71.7 Å². The monoisotopic (exact) mass is 632 g/mol. The number of carbonyl (C=O) groups is 4. The molecule has 4 amide bonds. The Hall–Kier alpha value is -5.06. The first kappa shape index (κ1) is 35.4. The lowest BCUT2D eigenvalue weighted by Crippen LogP contribution is -2.52. The van der Waals surface area contributed by atoms with Crippen LogP contribution < -0.4 is 16.0 Å². The van der Waals surface area contributed by atoms with Crippen LogP contribution in [-0.2, 0) is 33.7 Å². The van der Waals surface area contributed by atoms with E-state index in [2.05, 4.69) is 16.0 Å². The molecule has 0 fully saturated rings. The smallest absolute Gasteiger partial charge is 0.408 e. The molecule has 2 atom stereocenters. The summed E-state index contributed by atoms with van der Waals surface area (Å²) in [5, 5.41) is 28.2. The van der Waals surface area contributed by atoms with E-state index in [9.17, 15) is 29.4 Å². The van der Waals surface area contributed by atoms with Crippen molar-refractivity contribution in [3.8, 4) is 5.75 Å². The predicted octanol–water partition coefficient (Wildman–Crippen LogP) is 4.47. The van der Waals surface area contributed by atoms with Crippen molar-refractivity contribution in [1.29, 1.82) is 0 Å². The zero-order valence-electron chi connectivity index (χ0n) is 27.0. The molecular formula is C35H44N4O7. The second kappa shape index (κ2) is 16.3. The first-order chi connectivity index (χ1) is 21.7. The van der Waals surface area contributed by atoms with Crippen molar-refractivity contribution in [3.63, 3.8) is 0 Å². The van der Waals surface area contributed by atoms with Crippen molar-refractivity contribution < 1.29 is 34.1 Å². The van der Waals surface area contributed by atoms with Crippen molar-refractivity contribution in [2.24, 2.45) is 0 Å². The molecule has 0 spiro atoms. The predicted molar refractivity (Wildman–Crippen MR) is 174 cm³/mol. The van der Waals surface area contributed by atoms with Crippen LogP contribution >= 0.6 is 0 Å². The van der Waals surface area contributed by atoms with Crippen LogP contribution in [0.3, 0.4) is 0 Å². The fourth-order valence-corrected chi connectivity index (χ4v) is 5.04. The van der Waals surface area contributed by atoms with Crippen molar-refractivity contribution in [3.05, 3.63) is 101 Å². The number of nitrogens with one attached hydrogen (secondary N) is 3. The second-order valence-corrected chi connectivity index (χ2v) is 12.1. The molecule has 0 aromatic heterocycles. The molecule has 0 bridgehead atoms. The molecule has 0 aliphatic heterocycles. The van der Waals surface area contributed by atoms with Gasteiger partial charge >= 0.3 is 12.2 Å². The first-order valence-corrected chi connectivity index (χ1v) is 15.1. The van der Waals surface area contributed by atoms with Gasteiger partial charge in [-0.15, -0.1) is 0 Å². The minimum atomic E-state index is -1.23. The van der Waals surface area contributed by atoms with Gasteiger partial charge in [0.25, 0.3) is 0 Å². The standard InChI is InChI=1S/C35H44N4O7/c1-23-18-27(40)19-24(2)28(23)21-29(38-33(43)46-35(3,4)5)31(41)36-16-17-37-32(42)30(20-25-12-8-6-9-13-25)39(34(44)45)22-26-14-10-7-11-15-26/h6-15,18-19,29-30,40H,16-17,20-22H2,1-5H3,(H,36,41)(H,37,42)(H,38,43)(H,44,45)/t29-,30-/m0/s1. The third-order valence-corrected chi connectivity index (χ3v) is 7.21. The Balaban J connectivity index is 1.70. The molecule has 0 unspecified atom stereocenters. The largest absolute Gasteiger partial charge is 0.508 e. The summed E-state index contributed by atoms with van der Waals surface area (Å²) in [5.74, 6) is -0.898. The Morgan fingerprint density at radius 1 is 0.804 bits per heavy atom. The number of hydrogen-bond acceptors (Lipinski definition) is 6.